The zero-order valence-electron chi connectivity index (χ0n) is 15.5. The fourth-order valence-electron chi connectivity index (χ4n) is 2.47. The molecule has 8 heteroatoms. The first-order valence-electron chi connectivity index (χ1n) is 8.69. The number of ether oxygens (including phenoxy) is 1. The maximum Gasteiger partial charge on any atom is 0.277 e. The van der Waals surface area contributed by atoms with Crippen LogP contribution < -0.4 is 10.1 Å². The zero-order valence-corrected chi connectivity index (χ0v) is 17.1. The largest absolute Gasteiger partial charge is 0.484 e. The zero-order chi connectivity index (χ0) is 19.9. The molecule has 0 aliphatic carbocycles. The second-order valence-corrected chi connectivity index (χ2v) is 7.56. The van der Waals surface area contributed by atoms with E-state index in [0.29, 0.717) is 16.1 Å². The molecule has 6 nitrogen and oxygen atoms in total. The highest BCUT2D eigenvalue weighted by atomic mass is 35.5. The number of nitrogens with zero attached hydrogens (tertiary/aromatic N) is 2. The molecule has 0 radical (unpaired) electrons. The number of benzene rings is 2. The number of aromatic nitrogens is 2. The van der Waals surface area contributed by atoms with E-state index in [1.54, 1.807) is 6.07 Å². The molecular formula is C20H20ClN3O3S. The summed E-state index contributed by atoms with van der Waals surface area (Å²) in [5, 5.41) is 11.8. The summed E-state index contributed by atoms with van der Waals surface area (Å²) in [5.74, 6) is 1.14. The molecule has 146 valence electrons. The fraction of sp³-hybridized carbons (Fsp3) is 0.250. The van der Waals surface area contributed by atoms with E-state index >= 15 is 0 Å². The van der Waals surface area contributed by atoms with Crippen molar-refractivity contribution in [1.82, 2.24) is 15.5 Å². The predicted molar refractivity (Wildman–Crippen MR) is 109 cm³/mol. The van der Waals surface area contributed by atoms with Crippen molar-refractivity contribution < 1.29 is 13.9 Å². The molecule has 0 spiro atoms. The molecule has 1 N–H and O–H groups in total. The molecule has 0 aliphatic heterocycles. The summed E-state index contributed by atoms with van der Waals surface area (Å²) in [6, 6.07) is 15.0. The first-order valence-corrected chi connectivity index (χ1v) is 10.1. The van der Waals surface area contributed by atoms with Crippen LogP contribution in [0.15, 0.2) is 58.2 Å². The van der Waals surface area contributed by atoms with Gasteiger partial charge in [-0.3, -0.25) is 4.79 Å². The Labute approximate surface area is 172 Å². The van der Waals surface area contributed by atoms with Crippen LogP contribution in [0.4, 0.5) is 0 Å². The van der Waals surface area contributed by atoms with Crippen molar-refractivity contribution in [2.75, 3.05) is 5.75 Å². The molecule has 1 unspecified atom stereocenters. The van der Waals surface area contributed by atoms with Gasteiger partial charge in [-0.1, -0.05) is 47.6 Å². The van der Waals surface area contributed by atoms with Crippen molar-refractivity contribution in [3.63, 3.8) is 0 Å². The van der Waals surface area contributed by atoms with Gasteiger partial charge < -0.3 is 14.5 Å². The molecule has 2 aromatic carbocycles. The molecule has 0 saturated heterocycles. The number of halogens is 1. The van der Waals surface area contributed by atoms with Gasteiger partial charge in [0, 0.05) is 5.02 Å². The maximum absolute atomic E-state index is 12.2. The third-order valence-electron chi connectivity index (χ3n) is 3.85. The Balaban J connectivity index is 1.45. The van der Waals surface area contributed by atoms with E-state index in [-0.39, 0.29) is 24.3 Å². The van der Waals surface area contributed by atoms with E-state index in [1.807, 2.05) is 56.3 Å². The lowest BCUT2D eigenvalue weighted by Gasteiger charge is -2.14. The standard InChI is InChI=1S/C20H20ClN3O3S/c1-13-5-3-8-17(9-13)26-11-19-23-24-20(27-19)28-12-18(25)22-14(2)15-6-4-7-16(21)10-15/h3-10,14H,11-12H2,1-2H3,(H,22,25). The summed E-state index contributed by atoms with van der Waals surface area (Å²) in [6.45, 7) is 4.07. The van der Waals surface area contributed by atoms with Crippen LogP contribution in [0.3, 0.4) is 0 Å². The van der Waals surface area contributed by atoms with Gasteiger partial charge in [-0.2, -0.15) is 0 Å². The van der Waals surface area contributed by atoms with E-state index in [2.05, 4.69) is 15.5 Å². The van der Waals surface area contributed by atoms with Gasteiger partial charge in [-0.15, -0.1) is 10.2 Å². The molecule has 1 atom stereocenters. The summed E-state index contributed by atoms with van der Waals surface area (Å²) in [4.78, 5) is 12.2. The summed E-state index contributed by atoms with van der Waals surface area (Å²) in [7, 11) is 0. The molecule has 28 heavy (non-hydrogen) atoms. The first-order chi connectivity index (χ1) is 13.5. The van der Waals surface area contributed by atoms with Crippen LogP contribution in [0.1, 0.15) is 30.0 Å². The molecular weight excluding hydrogens is 398 g/mol. The highest BCUT2D eigenvalue weighted by molar-refractivity contribution is 7.99. The topological polar surface area (TPSA) is 77.2 Å². The van der Waals surface area contributed by atoms with Gasteiger partial charge in [-0.25, -0.2) is 0 Å². The second-order valence-electron chi connectivity index (χ2n) is 6.20. The minimum atomic E-state index is -0.146. The lowest BCUT2D eigenvalue weighted by Crippen LogP contribution is -2.28. The van der Waals surface area contributed by atoms with Crippen LogP contribution in [0.5, 0.6) is 5.75 Å². The van der Waals surface area contributed by atoms with E-state index < -0.39 is 0 Å². The van der Waals surface area contributed by atoms with Crippen molar-refractivity contribution in [3.8, 4) is 5.75 Å². The van der Waals surface area contributed by atoms with Crippen molar-refractivity contribution in [3.05, 3.63) is 70.6 Å². The summed E-state index contributed by atoms with van der Waals surface area (Å²) in [5.41, 5.74) is 2.05. The third-order valence-corrected chi connectivity index (χ3v) is 4.91. The number of amides is 1. The maximum atomic E-state index is 12.2. The van der Waals surface area contributed by atoms with Crippen LogP contribution in [0.2, 0.25) is 5.02 Å². The van der Waals surface area contributed by atoms with Crippen molar-refractivity contribution in [1.29, 1.82) is 0 Å². The molecule has 0 saturated carbocycles. The van der Waals surface area contributed by atoms with Crippen molar-refractivity contribution in [2.24, 2.45) is 0 Å². The van der Waals surface area contributed by atoms with Gasteiger partial charge in [0.2, 0.25) is 5.91 Å². The SMILES string of the molecule is Cc1cccc(OCc2nnc(SCC(=O)NC(C)c3cccc(Cl)c3)o2)c1. The Morgan fingerprint density at radius 3 is 2.86 bits per heavy atom. The predicted octanol–water partition coefficient (Wildman–Crippen LogP) is 4.58. The van der Waals surface area contributed by atoms with Crippen LogP contribution in [0, 0.1) is 6.92 Å². The molecule has 0 fully saturated rings. The Kier molecular flexibility index (Phi) is 6.95. The van der Waals surface area contributed by atoms with Gasteiger partial charge in [0.1, 0.15) is 5.75 Å². The highest BCUT2D eigenvalue weighted by Gasteiger charge is 2.13. The number of hydrogen-bond acceptors (Lipinski definition) is 6. The van der Waals surface area contributed by atoms with Gasteiger partial charge in [-0.05, 0) is 49.2 Å². The molecule has 3 rings (SSSR count). The van der Waals surface area contributed by atoms with Gasteiger partial charge in [0.05, 0.1) is 11.8 Å². The Hall–Kier alpha value is -2.51. The molecule has 3 aromatic rings. The number of hydrogen-bond donors (Lipinski definition) is 1. The Bertz CT molecular complexity index is 948. The van der Waals surface area contributed by atoms with E-state index in [4.69, 9.17) is 20.8 Å². The summed E-state index contributed by atoms with van der Waals surface area (Å²) >= 11 is 7.17. The quantitative estimate of drug-likeness (QED) is 0.540. The number of aryl methyl sites for hydroxylation is 1. The number of rotatable bonds is 8. The van der Waals surface area contributed by atoms with Gasteiger partial charge in [0.15, 0.2) is 6.61 Å². The average molecular weight is 418 g/mol. The monoisotopic (exact) mass is 417 g/mol. The molecule has 1 amide bonds. The van der Waals surface area contributed by atoms with Gasteiger partial charge >= 0.3 is 0 Å². The first kappa shape index (κ1) is 20.2. The summed E-state index contributed by atoms with van der Waals surface area (Å²) in [6.07, 6.45) is 0. The fourth-order valence-corrected chi connectivity index (χ4v) is 3.27. The Morgan fingerprint density at radius 1 is 1.25 bits per heavy atom. The average Bonchev–Trinajstić information content (AvgIpc) is 3.13. The number of carbonyl (C=O) groups is 1. The summed E-state index contributed by atoms with van der Waals surface area (Å²) < 4.78 is 11.1. The third kappa shape index (κ3) is 6.00. The Morgan fingerprint density at radius 2 is 2.07 bits per heavy atom. The molecule has 0 aliphatic rings. The highest BCUT2D eigenvalue weighted by Crippen LogP contribution is 2.20. The van der Waals surface area contributed by atoms with E-state index in [0.717, 1.165) is 16.9 Å². The number of nitrogens with one attached hydrogen (secondary N) is 1. The molecule has 0 bridgehead atoms. The van der Waals surface area contributed by atoms with E-state index in [9.17, 15) is 4.79 Å². The van der Waals surface area contributed by atoms with Crippen molar-refractivity contribution >= 4 is 29.3 Å². The minimum Gasteiger partial charge on any atom is -0.484 e. The molecule has 1 heterocycles. The lowest BCUT2D eigenvalue weighted by atomic mass is 10.1. The van der Waals surface area contributed by atoms with Crippen LogP contribution in [-0.4, -0.2) is 21.9 Å². The number of thioether (sulfide) groups is 1. The van der Waals surface area contributed by atoms with E-state index in [1.165, 1.54) is 11.8 Å². The molecule has 1 aromatic heterocycles. The second kappa shape index (κ2) is 9.61. The van der Waals surface area contributed by atoms with Crippen LogP contribution in [-0.2, 0) is 11.4 Å². The smallest absolute Gasteiger partial charge is 0.277 e. The van der Waals surface area contributed by atoms with Gasteiger partial charge in [0.25, 0.3) is 11.1 Å². The van der Waals surface area contributed by atoms with Crippen LogP contribution in [0.25, 0.3) is 0 Å². The lowest BCUT2D eigenvalue weighted by molar-refractivity contribution is -0.119. The van der Waals surface area contributed by atoms with Crippen molar-refractivity contribution in [2.45, 2.75) is 31.7 Å². The minimum absolute atomic E-state index is 0.131. The normalized spacial score (nSPS) is 11.8. The number of carbonyl (C=O) groups excluding carboxylic acids is 1. The van der Waals surface area contributed by atoms with Crippen LogP contribution >= 0.6 is 23.4 Å².